The molecule has 0 radical (unpaired) electrons. The van der Waals surface area contributed by atoms with E-state index in [2.05, 4.69) is 0 Å². The Morgan fingerprint density at radius 3 is 2.40 bits per heavy atom. The maximum Gasteiger partial charge on any atom is 0.310 e. The van der Waals surface area contributed by atoms with Gasteiger partial charge in [-0.1, -0.05) is 6.07 Å². The van der Waals surface area contributed by atoms with Crippen molar-refractivity contribution in [1.29, 1.82) is 0 Å². The van der Waals surface area contributed by atoms with Gasteiger partial charge in [0, 0.05) is 0 Å². The number of hydrogen-bond acceptors (Lipinski definition) is 5. The van der Waals surface area contributed by atoms with E-state index in [-0.39, 0.29) is 25.1 Å². The molecule has 1 aromatic rings. The number of benzene rings is 1. The molecule has 0 aromatic heterocycles. The smallest absolute Gasteiger partial charge is 0.310 e. The molecule has 0 saturated carbocycles. The maximum atomic E-state index is 11.7. The lowest BCUT2D eigenvalue weighted by Gasteiger charge is -2.10. The minimum atomic E-state index is -0.287. The van der Waals surface area contributed by atoms with Crippen LogP contribution in [0.1, 0.15) is 19.4 Å². The molecule has 0 aliphatic heterocycles. The van der Waals surface area contributed by atoms with Crippen molar-refractivity contribution in [3.63, 3.8) is 0 Å². The molecule has 0 saturated heterocycles. The van der Waals surface area contributed by atoms with Crippen molar-refractivity contribution >= 4 is 5.97 Å². The number of esters is 1. The number of ether oxygens (including phenoxy) is 4. The van der Waals surface area contributed by atoms with E-state index in [1.165, 1.54) is 0 Å². The quantitative estimate of drug-likeness (QED) is 0.540. The van der Waals surface area contributed by atoms with Crippen LogP contribution in [-0.4, -0.2) is 39.5 Å². The molecule has 0 spiro atoms. The molecule has 0 aliphatic carbocycles. The minimum Gasteiger partial charge on any atom is -0.493 e. The van der Waals surface area contributed by atoms with Gasteiger partial charge in [0.1, 0.15) is 6.61 Å². The van der Waals surface area contributed by atoms with Gasteiger partial charge < -0.3 is 18.9 Å². The highest BCUT2D eigenvalue weighted by Gasteiger charge is 2.09. The van der Waals surface area contributed by atoms with E-state index in [1.807, 2.05) is 19.9 Å². The second-order valence-electron chi connectivity index (χ2n) is 4.51. The highest BCUT2D eigenvalue weighted by Crippen LogP contribution is 2.27. The number of carbonyl (C=O) groups is 1. The first-order valence-electron chi connectivity index (χ1n) is 6.55. The normalized spacial score (nSPS) is 10.4. The summed E-state index contributed by atoms with van der Waals surface area (Å²) in [5, 5.41) is 0. The van der Waals surface area contributed by atoms with Gasteiger partial charge in [-0.3, -0.25) is 4.79 Å². The summed E-state index contributed by atoms with van der Waals surface area (Å²) in [6.07, 6.45) is 0.335. The van der Waals surface area contributed by atoms with Crippen molar-refractivity contribution in [2.75, 3.05) is 27.4 Å². The fraction of sp³-hybridized carbons (Fsp3) is 0.533. The van der Waals surface area contributed by atoms with Crippen LogP contribution in [0.3, 0.4) is 0 Å². The van der Waals surface area contributed by atoms with Crippen LogP contribution in [0.2, 0.25) is 0 Å². The van der Waals surface area contributed by atoms with Crippen molar-refractivity contribution in [1.82, 2.24) is 0 Å². The van der Waals surface area contributed by atoms with Crippen LogP contribution in [0, 0.1) is 0 Å². The van der Waals surface area contributed by atoms with E-state index in [9.17, 15) is 4.79 Å². The Balaban J connectivity index is 2.45. The maximum absolute atomic E-state index is 11.7. The van der Waals surface area contributed by atoms with E-state index in [4.69, 9.17) is 18.9 Å². The third-order valence-corrected chi connectivity index (χ3v) is 2.59. The predicted octanol–water partition coefficient (Wildman–Crippen LogP) is 2.21. The first-order valence-corrected chi connectivity index (χ1v) is 6.55. The first-order chi connectivity index (χ1) is 9.56. The molecule has 0 heterocycles. The van der Waals surface area contributed by atoms with Gasteiger partial charge in [-0.15, -0.1) is 0 Å². The number of hydrogen-bond donors (Lipinski definition) is 0. The second kappa shape index (κ2) is 8.43. The van der Waals surface area contributed by atoms with Crippen LogP contribution in [0.15, 0.2) is 18.2 Å². The highest BCUT2D eigenvalue weighted by molar-refractivity contribution is 5.73. The number of rotatable bonds is 8. The second-order valence-corrected chi connectivity index (χ2v) is 4.51. The van der Waals surface area contributed by atoms with Gasteiger partial charge in [-0.2, -0.15) is 0 Å². The Labute approximate surface area is 119 Å². The number of methoxy groups -OCH3 is 2. The highest BCUT2D eigenvalue weighted by atomic mass is 16.6. The van der Waals surface area contributed by atoms with Crippen molar-refractivity contribution in [3.05, 3.63) is 23.8 Å². The molecule has 112 valence electrons. The Bertz CT molecular complexity index is 428. The van der Waals surface area contributed by atoms with Crippen molar-refractivity contribution in [2.24, 2.45) is 0 Å². The summed E-state index contributed by atoms with van der Waals surface area (Å²) in [7, 11) is 3.13. The van der Waals surface area contributed by atoms with Gasteiger partial charge in [0.05, 0.1) is 33.4 Å². The summed E-state index contributed by atoms with van der Waals surface area (Å²) in [5.74, 6) is 0.945. The monoisotopic (exact) mass is 282 g/mol. The van der Waals surface area contributed by atoms with Gasteiger partial charge in [-0.05, 0) is 31.5 Å². The lowest BCUT2D eigenvalue weighted by Crippen LogP contribution is -2.14. The van der Waals surface area contributed by atoms with Gasteiger partial charge in [0.15, 0.2) is 11.5 Å². The number of carbonyl (C=O) groups excluding carboxylic acids is 1. The molecule has 1 rings (SSSR count). The zero-order valence-corrected chi connectivity index (χ0v) is 12.5. The fourth-order valence-electron chi connectivity index (χ4n) is 1.65. The summed E-state index contributed by atoms with van der Waals surface area (Å²) in [4.78, 5) is 11.7. The van der Waals surface area contributed by atoms with Crippen molar-refractivity contribution in [3.8, 4) is 11.5 Å². The molecule has 5 heteroatoms. The molecular formula is C15H22O5. The Kier molecular flexibility index (Phi) is 6.87. The van der Waals surface area contributed by atoms with Crippen LogP contribution in [-0.2, 0) is 20.7 Å². The largest absolute Gasteiger partial charge is 0.493 e. The summed E-state index contributed by atoms with van der Waals surface area (Å²) < 4.78 is 20.7. The zero-order chi connectivity index (χ0) is 15.0. The Morgan fingerprint density at radius 1 is 1.10 bits per heavy atom. The van der Waals surface area contributed by atoms with E-state index in [0.717, 1.165) is 5.56 Å². The molecule has 0 amide bonds. The minimum absolute atomic E-state index is 0.138. The topological polar surface area (TPSA) is 54.0 Å². The van der Waals surface area contributed by atoms with Crippen LogP contribution >= 0.6 is 0 Å². The standard InChI is InChI=1S/C15H22O5/c1-11(2)19-7-8-20-15(16)10-12-5-6-13(17-3)14(9-12)18-4/h5-6,9,11H,7-8,10H2,1-4H3. The lowest BCUT2D eigenvalue weighted by molar-refractivity contribution is -0.144. The molecule has 0 fully saturated rings. The van der Waals surface area contributed by atoms with Gasteiger partial charge >= 0.3 is 5.97 Å². The average Bonchev–Trinajstić information content (AvgIpc) is 2.43. The molecule has 0 aliphatic rings. The van der Waals surface area contributed by atoms with Gasteiger partial charge in [0.25, 0.3) is 0 Å². The van der Waals surface area contributed by atoms with Gasteiger partial charge in [-0.25, -0.2) is 0 Å². The van der Waals surface area contributed by atoms with E-state index >= 15 is 0 Å². The molecule has 5 nitrogen and oxygen atoms in total. The summed E-state index contributed by atoms with van der Waals surface area (Å²) >= 11 is 0. The third kappa shape index (κ3) is 5.48. The molecular weight excluding hydrogens is 260 g/mol. The Morgan fingerprint density at radius 2 is 1.80 bits per heavy atom. The summed E-state index contributed by atoms with van der Waals surface area (Å²) in [5.41, 5.74) is 0.817. The first kappa shape index (κ1) is 16.3. The molecule has 20 heavy (non-hydrogen) atoms. The fourth-order valence-corrected chi connectivity index (χ4v) is 1.65. The predicted molar refractivity (Wildman–Crippen MR) is 75.3 cm³/mol. The molecule has 1 aromatic carbocycles. The lowest BCUT2D eigenvalue weighted by atomic mass is 10.1. The SMILES string of the molecule is COc1ccc(CC(=O)OCCOC(C)C)cc1OC. The molecule has 0 unspecified atom stereocenters. The molecule has 0 bridgehead atoms. The van der Waals surface area contributed by atoms with Crippen LogP contribution < -0.4 is 9.47 Å². The van der Waals surface area contributed by atoms with Crippen LogP contribution in [0.5, 0.6) is 11.5 Å². The van der Waals surface area contributed by atoms with E-state index < -0.39 is 0 Å². The average molecular weight is 282 g/mol. The van der Waals surface area contributed by atoms with E-state index in [0.29, 0.717) is 18.1 Å². The van der Waals surface area contributed by atoms with Crippen molar-refractivity contribution < 1.29 is 23.7 Å². The van der Waals surface area contributed by atoms with Crippen molar-refractivity contribution in [2.45, 2.75) is 26.4 Å². The summed E-state index contributed by atoms with van der Waals surface area (Å²) in [6, 6.07) is 5.35. The Hall–Kier alpha value is -1.75. The van der Waals surface area contributed by atoms with Crippen LogP contribution in [0.4, 0.5) is 0 Å². The van der Waals surface area contributed by atoms with Crippen LogP contribution in [0.25, 0.3) is 0 Å². The van der Waals surface area contributed by atoms with E-state index in [1.54, 1.807) is 26.4 Å². The zero-order valence-electron chi connectivity index (χ0n) is 12.5. The third-order valence-electron chi connectivity index (χ3n) is 2.59. The molecule has 0 N–H and O–H groups in total. The molecule has 0 atom stereocenters. The summed E-state index contributed by atoms with van der Waals surface area (Å²) in [6.45, 7) is 4.55. The van der Waals surface area contributed by atoms with Gasteiger partial charge in [0.2, 0.25) is 0 Å².